The lowest BCUT2D eigenvalue weighted by Crippen LogP contribution is -2.25. The molecule has 11 heteroatoms. The van der Waals surface area contributed by atoms with Gasteiger partial charge in [0, 0.05) is 6.54 Å². The fourth-order valence-corrected chi connectivity index (χ4v) is 3.55. The molecular weight excluding hydrogens is 417 g/mol. The van der Waals surface area contributed by atoms with E-state index in [1.165, 1.54) is 23.5 Å². The van der Waals surface area contributed by atoms with E-state index < -0.39 is 11.5 Å². The average Bonchev–Trinajstić information content (AvgIpc) is 3.23. The van der Waals surface area contributed by atoms with Crippen molar-refractivity contribution < 1.29 is 14.0 Å². The molecule has 3 rings (SSSR count). The maximum Gasteiger partial charge on any atom is 0.277 e. The van der Waals surface area contributed by atoms with Crippen LogP contribution in [0, 0.1) is 5.82 Å². The highest BCUT2D eigenvalue weighted by Crippen LogP contribution is 2.18. The van der Waals surface area contributed by atoms with E-state index in [0.29, 0.717) is 4.88 Å². The van der Waals surface area contributed by atoms with Crippen LogP contribution in [0.1, 0.15) is 15.2 Å². The first-order valence-corrected chi connectivity index (χ1v) is 10.2. The summed E-state index contributed by atoms with van der Waals surface area (Å²) in [7, 11) is 0. The molecule has 0 bridgehead atoms. The summed E-state index contributed by atoms with van der Waals surface area (Å²) in [6, 6.07) is 9.11. The number of halogens is 1. The van der Waals surface area contributed by atoms with E-state index in [9.17, 15) is 18.8 Å². The lowest BCUT2D eigenvalue weighted by Gasteiger charge is -2.08. The van der Waals surface area contributed by atoms with Crippen molar-refractivity contribution in [2.45, 2.75) is 11.7 Å². The Hall–Kier alpha value is -3.18. The predicted octanol–water partition coefficient (Wildman–Crippen LogP) is 2.21. The molecule has 0 atom stereocenters. The fourth-order valence-electron chi connectivity index (χ4n) is 2.23. The van der Waals surface area contributed by atoms with Crippen molar-refractivity contribution in [2.75, 3.05) is 16.8 Å². The number of carbonyl (C=O) groups excluding carboxylic acids is 2. The number of aromatic nitrogens is 2. The Morgan fingerprint density at radius 2 is 2.00 bits per heavy atom. The third-order valence-corrected chi connectivity index (χ3v) is 5.39. The van der Waals surface area contributed by atoms with Gasteiger partial charge in [-0.2, -0.15) is 0 Å². The SMILES string of the molecule is Nc1nc(SCC(=O)NCc2ccc(F)cc2)[nH]c(=O)c1NC(=O)c1cccs1. The van der Waals surface area contributed by atoms with E-state index in [2.05, 4.69) is 20.6 Å². The molecule has 8 nitrogen and oxygen atoms in total. The van der Waals surface area contributed by atoms with Crippen LogP contribution in [-0.4, -0.2) is 27.5 Å². The second-order valence-electron chi connectivity index (χ2n) is 5.75. The minimum Gasteiger partial charge on any atom is -0.382 e. The monoisotopic (exact) mass is 433 g/mol. The summed E-state index contributed by atoms with van der Waals surface area (Å²) in [5, 5.41) is 7.01. The molecule has 0 aliphatic heterocycles. The number of amides is 2. The molecule has 0 saturated carbocycles. The first-order valence-electron chi connectivity index (χ1n) is 8.31. The number of thiophene rings is 1. The summed E-state index contributed by atoms with van der Waals surface area (Å²) in [4.78, 5) is 43.2. The zero-order chi connectivity index (χ0) is 20.8. The molecule has 1 aromatic carbocycles. The maximum atomic E-state index is 12.9. The Balaban J connectivity index is 1.56. The van der Waals surface area contributed by atoms with Gasteiger partial charge >= 0.3 is 0 Å². The summed E-state index contributed by atoms with van der Waals surface area (Å²) in [5.41, 5.74) is 5.79. The number of rotatable bonds is 7. The molecule has 0 radical (unpaired) electrons. The van der Waals surface area contributed by atoms with E-state index in [1.807, 2.05) is 0 Å². The highest BCUT2D eigenvalue weighted by atomic mass is 32.2. The summed E-state index contributed by atoms with van der Waals surface area (Å²) in [6.45, 7) is 0.249. The Bertz CT molecular complexity index is 1070. The van der Waals surface area contributed by atoms with Crippen molar-refractivity contribution >= 4 is 46.4 Å². The molecule has 2 heterocycles. The molecule has 29 heavy (non-hydrogen) atoms. The summed E-state index contributed by atoms with van der Waals surface area (Å²) < 4.78 is 12.9. The van der Waals surface area contributed by atoms with Gasteiger partial charge in [-0.05, 0) is 29.1 Å². The summed E-state index contributed by atoms with van der Waals surface area (Å²) >= 11 is 2.22. The molecule has 5 N–H and O–H groups in total. The largest absolute Gasteiger partial charge is 0.382 e. The first kappa shape index (κ1) is 20.6. The summed E-state index contributed by atoms with van der Waals surface area (Å²) in [6.07, 6.45) is 0. The van der Waals surface area contributed by atoms with Gasteiger partial charge in [-0.3, -0.25) is 19.4 Å². The van der Waals surface area contributed by atoms with Crippen LogP contribution < -0.4 is 21.9 Å². The van der Waals surface area contributed by atoms with E-state index >= 15 is 0 Å². The molecule has 0 aliphatic carbocycles. The number of hydrogen-bond donors (Lipinski definition) is 4. The van der Waals surface area contributed by atoms with E-state index in [-0.39, 0.29) is 40.7 Å². The van der Waals surface area contributed by atoms with Crippen LogP contribution >= 0.6 is 23.1 Å². The molecule has 3 aromatic rings. The van der Waals surface area contributed by atoms with Gasteiger partial charge in [0.25, 0.3) is 11.5 Å². The van der Waals surface area contributed by atoms with E-state index in [1.54, 1.807) is 29.6 Å². The molecule has 0 unspecified atom stereocenters. The van der Waals surface area contributed by atoms with Crippen LogP contribution in [0.15, 0.2) is 51.7 Å². The lowest BCUT2D eigenvalue weighted by atomic mass is 10.2. The number of thioether (sulfide) groups is 1. The highest BCUT2D eigenvalue weighted by molar-refractivity contribution is 7.99. The van der Waals surface area contributed by atoms with Crippen LogP contribution in [-0.2, 0) is 11.3 Å². The second-order valence-corrected chi connectivity index (χ2v) is 7.67. The molecular formula is C18H16FN5O3S2. The third-order valence-electron chi connectivity index (χ3n) is 3.65. The zero-order valence-corrected chi connectivity index (χ0v) is 16.5. The number of anilines is 2. The molecule has 0 spiro atoms. The highest BCUT2D eigenvalue weighted by Gasteiger charge is 2.15. The van der Waals surface area contributed by atoms with E-state index in [4.69, 9.17) is 5.73 Å². The number of benzene rings is 1. The van der Waals surface area contributed by atoms with Crippen molar-refractivity contribution in [3.8, 4) is 0 Å². The number of carbonyl (C=O) groups is 2. The molecule has 2 amide bonds. The van der Waals surface area contributed by atoms with Crippen molar-refractivity contribution in [3.05, 3.63) is 68.4 Å². The van der Waals surface area contributed by atoms with Gasteiger partial charge in [0.15, 0.2) is 16.7 Å². The van der Waals surface area contributed by atoms with Crippen molar-refractivity contribution in [3.63, 3.8) is 0 Å². The van der Waals surface area contributed by atoms with Gasteiger partial charge in [0.2, 0.25) is 5.91 Å². The number of nitrogens with zero attached hydrogens (tertiary/aromatic N) is 1. The van der Waals surface area contributed by atoms with E-state index in [0.717, 1.165) is 17.3 Å². The van der Waals surface area contributed by atoms with Gasteiger partial charge in [0.05, 0.1) is 10.6 Å². The van der Waals surface area contributed by atoms with Crippen molar-refractivity contribution in [2.24, 2.45) is 0 Å². The molecule has 0 saturated heterocycles. The normalized spacial score (nSPS) is 10.5. The van der Waals surface area contributed by atoms with Gasteiger partial charge in [-0.15, -0.1) is 11.3 Å². The lowest BCUT2D eigenvalue weighted by molar-refractivity contribution is -0.118. The average molecular weight is 433 g/mol. The summed E-state index contributed by atoms with van der Waals surface area (Å²) in [5.74, 6) is -1.26. The quantitative estimate of drug-likeness (QED) is 0.334. The number of nitrogen functional groups attached to an aromatic ring is 1. The van der Waals surface area contributed by atoms with Crippen LogP contribution in [0.2, 0.25) is 0 Å². The smallest absolute Gasteiger partial charge is 0.277 e. The number of hydrogen-bond acceptors (Lipinski definition) is 7. The van der Waals surface area contributed by atoms with Crippen molar-refractivity contribution in [1.82, 2.24) is 15.3 Å². The number of H-pyrrole nitrogens is 1. The van der Waals surface area contributed by atoms with Gasteiger partial charge in [0.1, 0.15) is 5.82 Å². The van der Waals surface area contributed by atoms with Gasteiger partial charge in [-0.1, -0.05) is 30.0 Å². The minimum absolute atomic E-state index is 0.00945. The number of aromatic amines is 1. The first-order chi connectivity index (χ1) is 13.9. The molecule has 2 aromatic heterocycles. The second kappa shape index (κ2) is 9.34. The Morgan fingerprint density at radius 3 is 2.66 bits per heavy atom. The maximum absolute atomic E-state index is 12.9. The standard InChI is InChI=1S/C18H16FN5O3S2/c19-11-5-3-10(4-6-11)8-21-13(25)9-29-18-23-15(20)14(17(27)24-18)22-16(26)12-2-1-7-28-12/h1-7H,8-9H2,(H,21,25)(H,22,26)(H3,20,23,24,27). The molecule has 0 fully saturated rings. The predicted molar refractivity (Wildman–Crippen MR) is 111 cm³/mol. The third kappa shape index (κ3) is 5.65. The Morgan fingerprint density at radius 1 is 1.24 bits per heavy atom. The molecule has 0 aliphatic rings. The van der Waals surface area contributed by atoms with Crippen LogP contribution in [0.4, 0.5) is 15.9 Å². The van der Waals surface area contributed by atoms with Gasteiger partial charge < -0.3 is 16.4 Å². The van der Waals surface area contributed by atoms with Crippen LogP contribution in [0.25, 0.3) is 0 Å². The topological polar surface area (TPSA) is 130 Å². The minimum atomic E-state index is -0.614. The molecule has 150 valence electrons. The number of nitrogens with two attached hydrogens (primary N) is 1. The van der Waals surface area contributed by atoms with Gasteiger partial charge in [-0.25, -0.2) is 9.37 Å². The van der Waals surface area contributed by atoms with Crippen LogP contribution in [0.3, 0.4) is 0 Å². The zero-order valence-electron chi connectivity index (χ0n) is 14.9. The number of nitrogens with one attached hydrogen (secondary N) is 3. The van der Waals surface area contributed by atoms with Crippen LogP contribution in [0.5, 0.6) is 0 Å². The Labute approximate surface area is 172 Å². The Kier molecular flexibility index (Phi) is 6.62. The fraction of sp³-hybridized carbons (Fsp3) is 0.111. The van der Waals surface area contributed by atoms with Crippen molar-refractivity contribution in [1.29, 1.82) is 0 Å².